The van der Waals surface area contributed by atoms with E-state index in [4.69, 9.17) is 26.3 Å². The van der Waals surface area contributed by atoms with E-state index < -0.39 is 35.7 Å². The molecule has 0 radical (unpaired) electrons. The number of halogens is 2. The number of ether oxygens (including phenoxy) is 1. The Bertz CT molecular complexity index is 1450. The molecule has 1 fully saturated rings. The third-order valence-corrected chi connectivity index (χ3v) is 6.74. The van der Waals surface area contributed by atoms with E-state index in [1.54, 1.807) is 37.3 Å². The second-order valence-electron chi connectivity index (χ2n) is 9.34. The Hall–Kier alpha value is -4.64. The van der Waals surface area contributed by atoms with Gasteiger partial charge in [-0.25, -0.2) is 14.0 Å². The highest BCUT2D eigenvalue weighted by molar-refractivity contribution is 6.30. The van der Waals surface area contributed by atoms with Crippen LogP contribution in [0.1, 0.15) is 34.5 Å². The number of nitrogens with one attached hydrogen (secondary N) is 2. The van der Waals surface area contributed by atoms with Gasteiger partial charge in [0.05, 0.1) is 31.2 Å². The van der Waals surface area contributed by atoms with Crippen molar-refractivity contribution < 1.29 is 33.5 Å². The quantitative estimate of drug-likeness (QED) is 0.330. The van der Waals surface area contributed by atoms with Crippen molar-refractivity contribution in [1.82, 2.24) is 15.5 Å². The highest BCUT2D eigenvalue weighted by Gasteiger charge is 2.34. The molecule has 1 aliphatic heterocycles. The first-order valence-corrected chi connectivity index (χ1v) is 13.0. The maximum Gasteiger partial charge on any atom is 0.335 e. The van der Waals surface area contributed by atoms with Crippen LogP contribution in [-0.4, -0.2) is 53.9 Å². The number of rotatable bonds is 8. The number of hydrogen-bond donors (Lipinski definition) is 3. The molecule has 3 N–H and O–H groups in total. The zero-order chi connectivity index (χ0) is 29.5. The van der Waals surface area contributed by atoms with Gasteiger partial charge in [-0.15, -0.1) is 0 Å². The minimum Gasteiger partial charge on any atom is -0.496 e. The lowest BCUT2D eigenvalue weighted by Crippen LogP contribution is -2.48. The maximum absolute atomic E-state index is 13.7. The van der Waals surface area contributed by atoms with Crippen molar-refractivity contribution in [2.75, 3.05) is 20.2 Å². The molecule has 1 heterocycles. The zero-order valence-corrected chi connectivity index (χ0v) is 23.0. The lowest BCUT2D eigenvalue weighted by atomic mass is 9.97. The summed E-state index contributed by atoms with van der Waals surface area (Å²) in [5, 5.41) is 19.6. The van der Waals surface area contributed by atoms with Crippen molar-refractivity contribution >= 4 is 35.3 Å². The number of carboxylic acid groups (broad SMARTS) is 1. The minimum absolute atomic E-state index is 0.113. The number of methoxy groups -OCH3 is 1. The molecular formula is C29H28ClFN4O6. The SMILES string of the molecule is COc1ccc(Cl)cc1C[C@@H]1CN/C(=N\Oc2ccc(F)cc2)CN(C(=O)NC(C)c2ccc(C(=O)O)cc2)C1=O. The van der Waals surface area contributed by atoms with Gasteiger partial charge in [0.2, 0.25) is 5.91 Å². The van der Waals surface area contributed by atoms with Gasteiger partial charge >= 0.3 is 12.0 Å². The van der Waals surface area contributed by atoms with Gasteiger partial charge in [-0.2, -0.15) is 0 Å². The topological polar surface area (TPSA) is 130 Å². The highest BCUT2D eigenvalue weighted by atomic mass is 35.5. The van der Waals surface area contributed by atoms with E-state index in [0.29, 0.717) is 21.9 Å². The van der Waals surface area contributed by atoms with Gasteiger partial charge in [0.25, 0.3) is 0 Å². The number of hydrogen-bond acceptors (Lipinski definition) is 6. The number of nitrogens with zero attached hydrogens (tertiary/aromatic N) is 2. The smallest absolute Gasteiger partial charge is 0.335 e. The molecule has 10 nitrogen and oxygen atoms in total. The molecule has 3 aromatic rings. The molecule has 0 spiro atoms. The molecular weight excluding hydrogens is 555 g/mol. The average molecular weight is 583 g/mol. The van der Waals surface area contributed by atoms with Crippen LogP contribution in [0.25, 0.3) is 0 Å². The molecule has 0 saturated carbocycles. The van der Waals surface area contributed by atoms with Crippen LogP contribution in [-0.2, 0) is 11.2 Å². The predicted molar refractivity (Wildman–Crippen MR) is 150 cm³/mol. The summed E-state index contributed by atoms with van der Waals surface area (Å²) in [7, 11) is 1.52. The number of amides is 3. The van der Waals surface area contributed by atoms with E-state index in [2.05, 4.69) is 15.8 Å². The first kappa shape index (κ1) is 29.3. The van der Waals surface area contributed by atoms with Crippen molar-refractivity contribution in [1.29, 1.82) is 0 Å². The fraction of sp³-hybridized carbons (Fsp3) is 0.241. The van der Waals surface area contributed by atoms with Crippen molar-refractivity contribution in [3.63, 3.8) is 0 Å². The molecule has 4 rings (SSSR count). The molecule has 12 heteroatoms. The summed E-state index contributed by atoms with van der Waals surface area (Å²) in [5.74, 6) is -1.63. The van der Waals surface area contributed by atoms with Crippen LogP contribution < -0.4 is 20.2 Å². The van der Waals surface area contributed by atoms with Crippen molar-refractivity contribution in [3.05, 3.63) is 94.3 Å². The van der Waals surface area contributed by atoms with Crippen LogP contribution in [0.2, 0.25) is 5.02 Å². The summed E-state index contributed by atoms with van der Waals surface area (Å²) in [4.78, 5) is 44.8. The lowest BCUT2D eigenvalue weighted by Gasteiger charge is -2.25. The van der Waals surface area contributed by atoms with E-state index in [-0.39, 0.29) is 36.7 Å². The summed E-state index contributed by atoms with van der Waals surface area (Å²) < 4.78 is 18.7. The van der Waals surface area contributed by atoms with Crippen molar-refractivity contribution in [2.45, 2.75) is 19.4 Å². The van der Waals surface area contributed by atoms with Crippen LogP contribution in [0.4, 0.5) is 9.18 Å². The van der Waals surface area contributed by atoms with Gasteiger partial charge in [-0.1, -0.05) is 28.9 Å². The Morgan fingerprint density at radius 2 is 1.88 bits per heavy atom. The third kappa shape index (κ3) is 7.52. The number of amidine groups is 1. The van der Waals surface area contributed by atoms with Crippen LogP contribution in [0, 0.1) is 11.7 Å². The van der Waals surface area contributed by atoms with E-state index in [1.807, 2.05) is 0 Å². The van der Waals surface area contributed by atoms with E-state index in [0.717, 1.165) is 4.90 Å². The zero-order valence-electron chi connectivity index (χ0n) is 22.3. The number of imide groups is 1. The maximum atomic E-state index is 13.7. The highest BCUT2D eigenvalue weighted by Crippen LogP contribution is 2.27. The number of carbonyl (C=O) groups excluding carboxylic acids is 2. The molecule has 1 aliphatic rings. The number of benzene rings is 3. The summed E-state index contributed by atoms with van der Waals surface area (Å²) in [6.45, 7) is 1.63. The van der Waals surface area contributed by atoms with Gasteiger partial charge in [0.15, 0.2) is 11.6 Å². The molecule has 214 valence electrons. The molecule has 0 aliphatic carbocycles. The van der Waals surface area contributed by atoms with E-state index in [1.165, 1.54) is 43.5 Å². The fourth-order valence-corrected chi connectivity index (χ4v) is 4.46. The fourth-order valence-electron chi connectivity index (χ4n) is 4.26. The Kier molecular flexibility index (Phi) is 9.41. The summed E-state index contributed by atoms with van der Waals surface area (Å²) in [6.07, 6.45) is 0.220. The van der Waals surface area contributed by atoms with Gasteiger partial charge < -0.3 is 25.3 Å². The molecule has 1 unspecified atom stereocenters. The van der Waals surface area contributed by atoms with E-state index >= 15 is 0 Å². The minimum atomic E-state index is -1.06. The molecule has 0 aromatic heterocycles. The molecule has 1 saturated heterocycles. The third-order valence-electron chi connectivity index (χ3n) is 6.50. The number of oxime groups is 1. The molecule has 3 aromatic carbocycles. The molecule has 2 atom stereocenters. The number of carboxylic acids is 1. The normalized spacial score (nSPS) is 16.9. The number of aromatic carboxylic acids is 1. The van der Waals surface area contributed by atoms with Crippen LogP contribution in [0.15, 0.2) is 71.9 Å². The van der Waals surface area contributed by atoms with Crippen molar-refractivity contribution in [2.24, 2.45) is 11.1 Å². The van der Waals surface area contributed by atoms with Crippen LogP contribution in [0.5, 0.6) is 11.5 Å². The Labute approximate surface area is 240 Å². The summed E-state index contributed by atoms with van der Waals surface area (Å²) >= 11 is 6.19. The number of carbonyl (C=O) groups is 3. The predicted octanol–water partition coefficient (Wildman–Crippen LogP) is 4.64. The van der Waals surface area contributed by atoms with Gasteiger partial charge in [0.1, 0.15) is 11.6 Å². The van der Waals surface area contributed by atoms with Crippen LogP contribution in [0.3, 0.4) is 0 Å². The van der Waals surface area contributed by atoms with Crippen molar-refractivity contribution in [3.8, 4) is 11.5 Å². The standard InChI is InChI=1S/C29H28ClFN4O6/c1-17(18-3-5-19(6-4-18)28(37)38)33-29(39)35-16-26(34-41-24-10-8-23(31)9-11-24)32-15-21(27(35)36)13-20-14-22(30)7-12-25(20)40-2/h3-12,14,17,21H,13,15-16H2,1-2H3,(H,32,34)(H,33,39)(H,37,38)/t17?,21-/m1/s1. The van der Waals surface area contributed by atoms with Gasteiger partial charge in [-0.05, 0) is 79.1 Å². The second kappa shape index (κ2) is 13.1. The molecule has 41 heavy (non-hydrogen) atoms. The molecule has 0 bridgehead atoms. The second-order valence-corrected chi connectivity index (χ2v) is 9.78. The number of urea groups is 1. The Balaban J connectivity index is 1.58. The van der Waals surface area contributed by atoms with E-state index in [9.17, 15) is 18.8 Å². The molecule has 3 amide bonds. The van der Waals surface area contributed by atoms with Gasteiger partial charge in [0, 0.05) is 11.6 Å². The first-order valence-electron chi connectivity index (χ1n) is 12.7. The largest absolute Gasteiger partial charge is 0.496 e. The monoisotopic (exact) mass is 582 g/mol. The van der Waals surface area contributed by atoms with Crippen LogP contribution >= 0.6 is 11.6 Å². The lowest BCUT2D eigenvalue weighted by molar-refractivity contribution is -0.131. The summed E-state index contributed by atoms with van der Waals surface area (Å²) in [5.41, 5.74) is 1.45. The Morgan fingerprint density at radius 1 is 1.17 bits per heavy atom. The Morgan fingerprint density at radius 3 is 2.54 bits per heavy atom. The average Bonchev–Trinajstić information content (AvgIpc) is 3.11. The van der Waals surface area contributed by atoms with Gasteiger partial charge in [-0.3, -0.25) is 9.69 Å². The first-order chi connectivity index (χ1) is 19.6. The summed E-state index contributed by atoms with van der Waals surface area (Å²) in [6, 6.07) is 15.2.